The molecule has 0 atom stereocenters. The maximum Gasteiger partial charge on any atom is 0.166 e. The summed E-state index contributed by atoms with van der Waals surface area (Å²) in [6.07, 6.45) is 11.6. The second-order valence-corrected chi connectivity index (χ2v) is 8.17. The van der Waals surface area contributed by atoms with E-state index in [0.717, 1.165) is 29.7 Å². The summed E-state index contributed by atoms with van der Waals surface area (Å²) in [6, 6.07) is 12.8. The van der Waals surface area contributed by atoms with Crippen molar-refractivity contribution in [3.8, 4) is 5.69 Å². The fraction of sp³-hybridized carbons (Fsp3) is 0.476. The predicted octanol–water partition coefficient (Wildman–Crippen LogP) is 4.76. The average molecular weight is 305 g/mol. The van der Waals surface area contributed by atoms with Crippen LogP contribution in [-0.4, -0.2) is 10.9 Å². The van der Waals surface area contributed by atoms with Gasteiger partial charge in [0.1, 0.15) is 0 Å². The largest absolute Gasteiger partial charge is 0.314 e. The normalized spacial score (nSPS) is 34.7. The lowest BCUT2D eigenvalue weighted by atomic mass is 9.48. The number of rotatable bonds is 3. The molecule has 4 aliphatic carbocycles. The lowest BCUT2D eigenvalue weighted by Gasteiger charge is -2.57. The molecule has 0 unspecified atom stereocenters. The summed E-state index contributed by atoms with van der Waals surface area (Å²) >= 11 is 0. The Morgan fingerprint density at radius 1 is 0.913 bits per heavy atom. The number of hydrogen-bond acceptors (Lipinski definition) is 1. The summed E-state index contributed by atoms with van der Waals surface area (Å²) in [5.41, 5.74) is 3.80. The number of benzene rings is 1. The van der Waals surface area contributed by atoms with E-state index in [0.29, 0.717) is 11.1 Å². The lowest BCUT2D eigenvalue weighted by Crippen LogP contribution is -2.48. The molecule has 118 valence electrons. The van der Waals surface area contributed by atoms with Gasteiger partial charge in [-0.25, -0.2) is 0 Å². The van der Waals surface area contributed by atoms with Crippen molar-refractivity contribution in [3.63, 3.8) is 0 Å². The molecule has 0 amide bonds. The number of aldehydes is 1. The SMILES string of the molecule is O=Cc1cccn1-c1ccc(C23CC4CC(CC(C4)C2)C3)cc1. The molecule has 0 saturated heterocycles. The van der Waals surface area contributed by atoms with Crippen LogP contribution in [0.3, 0.4) is 0 Å². The zero-order valence-electron chi connectivity index (χ0n) is 13.4. The number of aromatic nitrogens is 1. The van der Waals surface area contributed by atoms with Gasteiger partial charge in [-0.15, -0.1) is 0 Å². The van der Waals surface area contributed by atoms with Crippen LogP contribution in [0, 0.1) is 17.8 Å². The minimum atomic E-state index is 0.456. The first-order chi connectivity index (χ1) is 11.3. The molecule has 4 fully saturated rings. The third-order valence-corrected chi connectivity index (χ3v) is 6.70. The number of nitrogens with zero attached hydrogens (tertiary/aromatic N) is 1. The van der Waals surface area contributed by atoms with Crippen LogP contribution in [0.4, 0.5) is 0 Å². The second-order valence-electron chi connectivity index (χ2n) is 8.17. The topological polar surface area (TPSA) is 22.0 Å². The van der Waals surface area contributed by atoms with Gasteiger partial charge in [-0.05, 0) is 91.5 Å². The summed E-state index contributed by atoms with van der Waals surface area (Å²) in [5.74, 6) is 2.94. The van der Waals surface area contributed by atoms with E-state index in [1.807, 2.05) is 22.9 Å². The van der Waals surface area contributed by atoms with Crippen LogP contribution in [0.1, 0.15) is 54.6 Å². The van der Waals surface area contributed by atoms with Crippen molar-refractivity contribution < 1.29 is 4.79 Å². The fourth-order valence-corrected chi connectivity index (χ4v) is 6.17. The maximum absolute atomic E-state index is 11.1. The Morgan fingerprint density at radius 3 is 2.09 bits per heavy atom. The van der Waals surface area contributed by atoms with Crippen molar-refractivity contribution in [2.24, 2.45) is 17.8 Å². The highest BCUT2D eigenvalue weighted by Gasteiger charge is 2.51. The van der Waals surface area contributed by atoms with Crippen LogP contribution in [-0.2, 0) is 5.41 Å². The average Bonchev–Trinajstić information content (AvgIpc) is 3.02. The Labute approximate surface area is 137 Å². The second kappa shape index (κ2) is 4.83. The van der Waals surface area contributed by atoms with Gasteiger partial charge in [0.05, 0.1) is 5.69 Å². The minimum Gasteiger partial charge on any atom is -0.314 e. The van der Waals surface area contributed by atoms with Crippen LogP contribution in [0.5, 0.6) is 0 Å². The molecule has 4 bridgehead atoms. The van der Waals surface area contributed by atoms with Crippen molar-refractivity contribution >= 4 is 6.29 Å². The van der Waals surface area contributed by atoms with Gasteiger partial charge < -0.3 is 4.57 Å². The zero-order chi connectivity index (χ0) is 15.4. The quantitative estimate of drug-likeness (QED) is 0.750. The van der Waals surface area contributed by atoms with Crippen molar-refractivity contribution in [2.45, 2.75) is 43.9 Å². The first kappa shape index (κ1) is 13.6. The van der Waals surface area contributed by atoms with E-state index in [-0.39, 0.29) is 0 Å². The van der Waals surface area contributed by atoms with E-state index in [9.17, 15) is 4.79 Å². The van der Waals surface area contributed by atoms with Crippen molar-refractivity contribution in [1.29, 1.82) is 0 Å². The lowest BCUT2D eigenvalue weighted by molar-refractivity contribution is -0.00518. The third-order valence-electron chi connectivity index (χ3n) is 6.70. The van der Waals surface area contributed by atoms with E-state index in [1.165, 1.54) is 38.5 Å². The molecule has 1 heterocycles. The monoisotopic (exact) mass is 305 g/mol. The first-order valence-corrected chi connectivity index (χ1v) is 8.99. The van der Waals surface area contributed by atoms with E-state index in [2.05, 4.69) is 24.3 Å². The highest BCUT2D eigenvalue weighted by molar-refractivity contribution is 5.73. The highest BCUT2D eigenvalue weighted by atomic mass is 16.1. The van der Waals surface area contributed by atoms with Crippen LogP contribution >= 0.6 is 0 Å². The minimum absolute atomic E-state index is 0.456. The van der Waals surface area contributed by atoms with E-state index >= 15 is 0 Å². The number of hydrogen-bond donors (Lipinski definition) is 0. The molecule has 2 aromatic rings. The molecule has 23 heavy (non-hydrogen) atoms. The van der Waals surface area contributed by atoms with Crippen molar-refractivity contribution in [1.82, 2.24) is 4.57 Å². The Bertz CT molecular complexity index is 704. The van der Waals surface area contributed by atoms with Crippen molar-refractivity contribution in [2.75, 3.05) is 0 Å². The summed E-state index contributed by atoms with van der Waals surface area (Å²) in [7, 11) is 0. The summed E-state index contributed by atoms with van der Waals surface area (Å²) < 4.78 is 1.97. The Hall–Kier alpha value is -1.83. The summed E-state index contributed by atoms with van der Waals surface area (Å²) in [5, 5.41) is 0. The van der Waals surface area contributed by atoms with Gasteiger partial charge in [-0.3, -0.25) is 4.79 Å². The molecular formula is C21H23NO. The summed E-state index contributed by atoms with van der Waals surface area (Å²) in [6.45, 7) is 0. The smallest absolute Gasteiger partial charge is 0.166 e. The highest BCUT2D eigenvalue weighted by Crippen LogP contribution is 2.60. The molecule has 6 rings (SSSR count). The van der Waals surface area contributed by atoms with E-state index < -0.39 is 0 Å². The summed E-state index contributed by atoms with van der Waals surface area (Å²) in [4.78, 5) is 11.1. The molecule has 0 aliphatic heterocycles. The number of carbonyl (C=O) groups is 1. The zero-order valence-corrected chi connectivity index (χ0v) is 13.4. The van der Waals surface area contributed by atoms with Crippen LogP contribution in [0.2, 0.25) is 0 Å². The van der Waals surface area contributed by atoms with Gasteiger partial charge in [0.15, 0.2) is 6.29 Å². The molecule has 2 nitrogen and oxygen atoms in total. The molecule has 2 heteroatoms. The molecule has 0 radical (unpaired) electrons. The molecule has 4 aliphatic rings. The van der Waals surface area contributed by atoms with Crippen LogP contribution < -0.4 is 0 Å². The molecule has 1 aromatic heterocycles. The predicted molar refractivity (Wildman–Crippen MR) is 91.0 cm³/mol. The molecule has 4 saturated carbocycles. The van der Waals surface area contributed by atoms with Gasteiger partial charge in [-0.1, -0.05) is 12.1 Å². The molecular weight excluding hydrogens is 282 g/mol. The van der Waals surface area contributed by atoms with Gasteiger partial charge in [-0.2, -0.15) is 0 Å². The van der Waals surface area contributed by atoms with E-state index in [4.69, 9.17) is 0 Å². The van der Waals surface area contributed by atoms with Crippen LogP contribution in [0.25, 0.3) is 5.69 Å². The molecule has 1 aromatic carbocycles. The third kappa shape index (κ3) is 2.04. The van der Waals surface area contributed by atoms with Gasteiger partial charge in [0.2, 0.25) is 0 Å². The fourth-order valence-electron chi connectivity index (χ4n) is 6.17. The Balaban J connectivity index is 1.49. The standard InChI is InChI=1S/C21H23NO/c23-14-20-2-1-7-22(20)19-5-3-18(4-6-19)21-11-15-8-16(12-21)10-17(9-15)13-21/h1-7,14-17H,8-13H2. The Kier molecular flexibility index (Phi) is 2.86. The molecule has 0 spiro atoms. The van der Waals surface area contributed by atoms with Crippen LogP contribution in [0.15, 0.2) is 42.6 Å². The van der Waals surface area contributed by atoms with Gasteiger partial charge in [0.25, 0.3) is 0 Å². The number of carbonyl (C=O) groups excluding carboxylic acids is 1. The van der Waals surface area contributed by atoms with Gasteiger partial charge >= 0.3 is 0 Å². The maximum atomic E-state index is 11.1. The van der Waals surface area contributed by atoms with Crippen molar-refractivity contribution in [3.05, 3.63) is 53.9 Å². The first-order valence-electron chi connectivity index (χ1n) is 8.99. The molecule has 0 N–H and O–H groups in total. The Morgan fingerprint density at radius 2 is 1.52 bits per heavy atom. The van der Waals surface area contributed by atoms with E-state index in [1.54, 1.807) is 5.56 Å². The van der Waals surface area contributed by atoms with Gasteiger partial charge in [0, 0.05) is 11.9 Å².